The predicted molar refractivity (Wildman–Crippen MR) is 111 cm³/mol. The summed E-state index contributed by atoms with van der Waals surface area (Å²) in [6, 6.07) is 4.94. The van der Waals surface area contributed by atoms with E-state index in [1.807, 2.05) is 0 Å². The highest BCUT2D eigenvalue weighted by atomic mass is 79.9. The van der Waals surface area contributed by atoms with Crippen LogP contribution in [0, 0.1) is 0 Å². The Morgan fingerprint density at radius 3 is 2.50 bits per heavy atom. The first-order valence-corrected chi connectivity index (χ1v) is 11.0. The number of carbonyl (C=O) groups excluding carboxylic acids is 1. The number of aromatic nitrogens is 2. The number of fused-ring (bicyclic) bond motifs is 1. The van der Waals surface area contributed by atoms with Gasteiger partial charge in [-0.25, -0.2) is 4.68 Å². The number of amides is 1. The standard InChI is InChI=1S/C21H24BrF3N4O/c1-28(15-5-3-2-4-6-15)20(30)16-12-26-29-18(21(23,24)25)11-17(27-19(16)29)13-7-9-14(22)10-8-13/h7-10,12,15,17-18,27H,2-6,11H2,1H3/t17-,18+/m1/s1. The third-order valence-electron chi connectivity index (χ3n) is 6.18. The van der Waals surface area contributed by atoms with Crippen molar-refractivity contribution >= 4 is 27.7 Å². The summed E-state index contributed by atoms with van der Waals surface area (Å²) in [5.74, 6) is -0.141. The van der Waals surface area contributed by atoms with E-state index in [1.54, 1.807) is 36.2 Å². The predicted octanol–water partition coefficient (Wildman–Crippen LogP) is 5.71. The van der Waals surface area contributed by atoms with Crippen molar-refractivity contribution in [1.29, 1.82) is 0 Å². The molecule has 162 valence electrons. The molecule has 1 aliphatic carbocycles. The Labute approximate surface area is 181 Å². The number of alkyl halides is 3. The van der Waals surface area contributed by atoms with E-state index in [4.69, 9.17) is 0 Å². The Bertz CT molecular complexity index is 906. The molecule has 1 N–H and O–H groups in total. The molecule has 2 aliphatic rings. The summed E-state index contributed by atoms with van der Waals surface area (Å²) in [4.78, 5) is 14.8. The van der Waals surface area contributed by atoms with Gasteiger partial charge < -0.3 is 10.2 Å². The molecule has 1 fully saturated rings. The molecule has 1 aliphatic heterocycles. The monoisotopic (exact) mass is 484 g/mol. The minimum Gasteiger partial charge on any atom is -0.363 e. The number of nitrogens with one attached hydrogen (secondary N) is 1. The van der Waals surface area contributed by atoms with Gasteiger partial charge in [-0.3, -0.25) is 4.79 Å². The zero-order valence-corrected chi connectivity index (χ0v) is 18.2. The summed E-state index contributed by atoms with van der Waals surface area (Å²) in [6.45, 7) is 0. The molecular weight excluding hydrogens is 461 g/mol. The summed E-state index contributed by atoms with van der Waals surface area (Å²) >= 11 is 3.35. The number of nitrogens with zero attached hydrogens (tertiary/aromatic N) is 3. The van der Waals surface area contributed by atoms with Gasteiger partial charge in [-0.2, -0.15) is 18.3 Å². The largest absolute Gasteiger partial charge is 0.410 e. The molecule has 1 aromatic heterocycles. The number of benzene rings is 1. The average molecular weight is 485 g/mol. The second-order valence-electron chi connectivity index (χ2n) is 8.10. The molecule has 9 heteroatoms. The molecule has 1 amide bonds. The van der Waals surface area contributed by atoms with Gasteiger partial charge in [-0.1, -0.05) is 47.3 Å². The second-order valence-corrected chi connectivity index (χ2v) is 9.02. The molecule has 0 bridgehead atoms. The van der Waals surface area contributed by atoms with Crippen molar-refractivity contribution in [1.82, 2.24) is 14.7 Å². The van der Waals surface area contributed by atoms with Crippen molar-refractivity contribution in [3.8, 4) is 0 Å². The number of hydrogen-bond acceptors (Lipinski definition) is 3. The fraction of sp³-hybridized carbons (Fsp3) is 0.524. The fourth-order valence-corrected chi connectivity index (χ4v) is 4.72. The van der Waals surface area contributed by atoms with Crippen molar-refractivity contribution in [2.75, 3.05) is 12.4 Å². The number of anilines is 1. The maximum absolute atomic E-state index is 13.8. The maximum atomic E-state index is 13.8. The van der Waals surface area contributed by atoms with E-state index in [0.717, 1.165) is 46.8 Å². The van der Waals surface area contributed by atoms with E-state index >= 15 is 0 Å². The minimum absolute atomic E-state index is 0.117. The first-order chi connectivity index (χ1) is 14.3. The van der Waals surface area contributed by atoms with Crippen LogP contribution in [0.4, 0.5) is 19.0 Å². The topological polar surface area (TPSA) is 50.2 Å². The van der Waals surface area contributed by atoms with Crippen LogP contribution in [0.3, 0.4) is 0 Å². The highest BCUT2D eigenvalue weighted by Gasteiger charge is 2.47. The molecular formula is C21H24BrF3N4O. The summed E-state index contributed by atoms with van der Waals surface area (Å²) in [5.41, 5.74) is 0.929. The molecule has 2 atom stereocenters. The van der Waals surface area contributed by atoms with E-state index < -0.39 is 18.3 Å². The molecule has 0 spiro atoms. The highest BCUT2D eigenvalue weighted by molar-refractivity contribution is 9.10. The minimum atomic E-state index is -4.47. The van der Waals surface area contributed by atoms with Crippen LogP contribution in [-0.4, -0.2) is 39.9 Å². The normalized spacial score (nSPS) is 22.3. The molecule has 0 unspecified atom stereocenters. The lowest BCUT2D eigenvalue weighted by atomic mass is 9.94. The Morgan fingerprint density at radius 1 is 1.20 bits per heavy atom. The summed E-state index contributed by atoms with van der Waals surface area (Å²) in [5, 5.41) is 7.13. The molecule has 1 saturated carbocycles. The lowest BCUT2D eigenvalue weighted by molar-refractivity contribution is -0.173. The van der Waals surface area contributed by atoms with Gasteiger partial charge in [-0.05, 0) is 30.5 Å². The number of rotatable bonds is 3. The summed E-state index contributed by atoms with van der Waals surface area (Å²) in [6.07, 6.45) is 1.75. The van der Waals surface area contributed by atoms with Gasteiger partial charge in [0.25, 0.3) is 5.91 Å². The Hall–Kier alpha value is -2.03. The zero-order valence-electron chi connectivity index (χ0n) is 16.6. The molecule has 1 aromatic carbocycles. The molecule has 5 nitrogen and oxygen atoms in total. The van der Waals surface area contributed by atoms with Crippen LogP contribution in [0.2, 0.25) is 0 Å². The molecule has 0 saturated heterocycles. The van der Waals surface area contributed by atoms with Gasteiger partial charge in [-0.15, -0.1) is 0 Å². The first-order valence-electron chi connectivity index (χ1n) is 10.2. The van der Waals surface area contributed by atoms with Crippen LogP contribution in [0.1, 0.15) is 66.5 Å². The zero-order chi connectivity index (χ0) is 21.5. The van der Waals surface area contributed by atoms with Crippen molar-refractivity contribution in [2.24, 2.45) is 0 Å². The van der Waals surface area contributed by atoms with Crippen LogP contribution in [0.15, 0.2) is 34.9 Å². The molecule has 30 heavy (non-hydrogen) atoms. The average Bonchev–Trinajstić information content (AvgIpc) is 3.16. The quantitative estimate of drug-likeness (QED) is 0.606. The molecule has 2 heterocycles. The van der Waals surface area contributed by atoms with Crippen LogP contribution in [0.5, 0.6) is 0 Å². The first kappa shape index (κ1) is 21.2. The smallest absolute Gasteiger partial charge is 0.363 e. The van der Waals surface area contributed by atoms with Crippen LogP contribution < -0.4 is 5.32 Å². The number of carbonyl (C=O) groups is 1. The highest BCUT2D eigenvalue weighted by Crippen LogP contribution is 2.44. The third kappa shape index (κ3) is 4.08. The molecule has 2 aromatic rings. The van der Waals surface area contributed by atoms with Gasteiger partial charge in [0.15, 0.2) is 6.04 Å². The Balaban J connectivity index is 1.67. The van der Waals surface area contributed by atoms with Crippen molar-refractivity contribution in [2.45, 2.75) is 62.8 Å². The van der Waals surface area contributed by atoms with E-state index in [2.05, 4.69) is 26.3 Å². The fourth-order valence-electron chi connectivity index (χ4n) is 4.46. The lowest BCUT2D eigenvalue weighted by Gasteiger charge is -2.35. The molecule has 0 radical (unpaired) electrons. The van der Waals surface area contributed by atoms with Gasteiger partial charge in [0.2, 0.25) is 0 Å². The van der Waals surface area contributed by atoms with Crippen LogP contribution >= 0.6 is 15.9 Å². The lowest BCUT2D eigenvalue weighted by Crippen LogP contribution is -2.39. The molecule has 4 rings (SSSR count). The van der Waals surface area contributed by atoms with Gasteiger partial charge >= 0.3 is 6.18 Å². The van der Waals surface area contributed by atoms with Crippen molar-refractivity contribution < 1.29 is 18.0 Å². The third-order valence-corrected chi connectivity index (χ3v) is 6.71. The van der Waals surface area contributed by atoms with Crippen LogP contribution in [0.25, 0.3) is 0 Å². The van der Waals surface area contributed by atoms with E-state index in [1.165, 1.54) is 6.20 Å². The maximum Gasteiger partial charge on any atom is 0.410 e. The summed E-state index contributed by atoms with van der Waals surface area (Å²) < 4.78 is 43.3. The summed E-state index contributed by atoms with van der Waals surface area (Å²) in [7, 11) is 1.73. The van der Waals surface area contributed by atoms with Gasteiger partial charge in [0.1, 0.15) is 11.4 Å². The van der Waals surface area contributed by atoms with E-state index in [-0.39, 0.29) is 29.8 Å². The van der Waals surface area contributed by atoms with E-state index in [0.29, 0.717) is 0 Å². The van der Waals surface area contributed by atoms with E-state index in [9.17, 15) is 18.0 Å². The van der Waals surface area contributed by atoms with Crippen molar-refractivity contribution in [3.63, 3.8) is 0 Å². The number of halogens is 4. The Morgan fingerprint density at radius 2 is 1.87 bits per heavy atom. The SMILES string of the molecule is CN(C(=O)c1cnn2c1N[C@@H](c1ccc(Br)cc1)C[C@H]2C(F)(F)F)C1CCCCC1. The van der Waals surface area contributed by atoms with Crippen LogP contribution in [-0.2, 0) is 0 Å². The van der Waals surface area contributed by atoms with Gasteiger partial charge in [0.05, 0.1) is 12.2 Å². The van der Waals surface area contributed by atoms with Gasteiger partial charge in [0, 0.05) is 24.0 Å². The second kappa shape index (κ2) is 8.24. The van der Waals surface area contributed by atoms with Crippen molar-refractivity contribution in [3.05, 3.63) is 46.1 Å². The number of hydrogen-bond donors (Lipinski definition) is 1. The Kier molecular flexibility index (Phi) is 5.83.